The first-order valence-electron chi connectivity index (χ1n) is 6.83. The standard InChI is InChI=1S/C15H23NO4/c1-3-20-15(18)10-13(17)11-16-8-7-12-5-4-6-14(9-12)19-2/h4-6,9,13,16-17H,3,7-8,10-11H2,1-2H3. The van der Waals surface area contributed by atoms with Gasteiger partial charge in [-0.25, -0.2) is 0 Å². The van der Waals surface area contributed by atoms with Crippen LogP contribution in [0.4, 0.5) is 0 Å². The average molecular weight is 281 g/mol. The lowest BCUT2D eigenvalue weighted by Gasteiger charge is -2.11. The lowest BCUT2D eigenvalue weighted by molar-refractivity contribution is -0.145. The van der Waals surface area contributed by atoms with Crippen molar-refractivity contribution >= 4 is 5.97 Å². The van der Waals surface area contributed by atoms with E-state index in [4.69, 9.17) is 9.47 Å². The van der Waals surface area contributed by atoms with Gasteiger partial charge in [-0.1, -0.05) is 12.1 Å². The molecule has 0 spiro atoms. The van der Waals surface area contributed by atoms with Gasteiger partial charge in [0.25, 0.3) is 0 Å². The van der Waals surface area contributed by atoms with Crippen molar-refractivity contribution in [3.63, 3.8) is 0 Å². The smallest absolute Gasteiger partial charge is 0.308 e. The summed E-state index contributed by atoms with van der Waals surface area (Å²) in [6.07, 6.45) is 0.155. The van der Waals surface area contributed by atoms with Crippen LogP contribution >= 0.6 is 0 Å². The Morgan fingerprint density at radius 1 is 1.45 bits per heavy atom. The van der Waals surface area contributed by atoms with Crippen LogP contribution in [0.3, 0.4) is 0 Å². The molecule has 1 aromatic rings. The van der Waals surface area contributed by atoms with Crippen molar-refractivity contribution in [3.05, 3.63) is 29.8 Å². The third-order valence-electron chi connectivity index (χ3n) is 2.81. The van der Waals surface area contributed by atoms with Gasteiger partial charge in [-0.3, -0.25) is 4.79 Å². The number of rotatable bonds is 9. The van der Waals surface area contributed by atoms with E-state index in [1.54, 1.807) is 14.0 Å². The molecule has 2 N–H and O–H groups in total. The summed E-state index contributed by atoms with van der Waals surface area (Å²) >= 11 is 0. The first-order chi connectivity index (χ1) is 9.65. The molecule has 0 aliphatic heterocycles. The predicted octanol–water partition coefficient (Wildman–Crippen LogP) is 1.14. The van der Waals surface area contributed by atoms with Crippen molar-refractivity contribution in [2.45, 2.75) is 25.9 Å². The summed E-state index contributed by atoms with van der Waals surface area (Å²) in [6.45, 7) is 3.20. The number of aliphatic hydroxyl groups excluding tert-OH is 1. The Bertz CT molecular complexity index is 409. The van der Waals surface area contributed by atoms with Gasteiger partial charge < -0.3 is 19.9 Å². The lowest BCUT2D eigenvalue weighted by atomic mass is 10.1. The van der Waals surface area contributed by atoms with Crippen molar-refractivity contribution < 1.29 is 19.4 Å². The number of hydrogen-bond donors (Lipinski definition) is 2. The van der Waals surface area contributed by atoms with Crippen LogP contribution in [0.15, 0.2) is 24.3 Å². The molecule has 0 saturated carbocycles. The molecule has 0 amide bonds. The average Bonchev–Trinajstić information content (AvgIpc) is 2.44. The second kappa shape index (κ2) is 9.34. The monoisotopic (exact) mass is 281 g/mol. The number of ether oxygens (including phenoxy) is 2. The molecule has 1 unspecified atom stereocenters. The molecule has 5 heteroatoms. The largest absolute Gasteiger partial charge is 0.497 e. The zero-order valence-electron chi connectivity index (χ0n) is 12.1. The van der Waals surface area contributed by atoms with E-state index < -0.39 is 6.10 Å². The number of carbonyl (C=O) groups excluding carboxylic acids is 1. The number of benzene rings is 1. The fourth-order valence-corrected chi connectivity index (χ4v) is 1.81. The lowest BCUT2D eigenvalue weighted by Crippen LogP contribution is -2.30. The summed E-state index contributed by atoms with van der Waals surface area (Å²) in [5, 5.41) is 12.8. The Morgan fingerprint density at radius 3 is 2.95 bits per heavy atom. The zero-order valence-corrected chi connectivity index (χ0v) is 12.1. The highest BCUT2D eigenvalue weighted by Gasteiger charge is 2.10. The Balaban J connectivity index is 2.19. The summed E-state index contributed by atoms with van der Waals surface area (Å²) in [5.41, 5.74) is 1.16. The molecule has 112 valence electrons. The molecule has 1 rings (SSSR count). The minimum Gasteiger partial charge on any atom is -0.497 e. The molecule has 0 radical (unpaired) electrons. The van der Waals surface area contributed by atoms with E-state index in [9.17, 15) is 9.90 Å². The van der Waals surface area contributed by atoms with E-state index in [-0.39, 0.29) is 12.4 Å². The number of carbonyl (C=O) groups is 1. The number of nitrogens with one attached hydrogen (secondary N) is 1. The van der Waals surface area contributed by atoms with Crippen LogP contribution in [0.2, 0.25) is 0 Å². The molecule has 1 aromatic carbocycles. The molecule has 5 nitrogen and oxygen atoms in total. The number of methoxy groups -OCH3 is 1. The minimum atomic E-state index is -0.709. The van der Waals surface area contributed by atoms with Gasteiger partial charge in [0.05, 0.1) is 26.2 Å². The number of aliphatic hydroxyl groups is 1. The third-order valence-corrected chi connectivity index (χ3v) is 2.81. The first kappa shape index (κ1) is 16.5. The Morgan fingerprint density at radius 2 is 2.25 bits per heavy atom. The van der Waals surface area contributed by atoms with Crippen molar-refractivity contribution in [2.24, 2.45) is 0 Å². The third kappa shape index (κ3) is 6.54. The van der Waals surface area contributed by atoms with Gasteiger partial charge in [-0.15, -0.1) is 0 Å². The summed E-state index contributed by atoms with van der Waals surface area (Å²) in [4.78, 5) is 11.2. The topological polar surface area (TPSA) is 67.8 Å². The van der Waals surface area contributed by atoms with Crippen LogP contribution in [0.25, 0.3) is 0 Å². The molecule has 0 aromatic heterocycles. The minimum absolute atomic E-state index is 0.0278. The highest BCUT2D eigenvalue weighted by molar-refractivity contribution is 5.69. The predicted molar refractivity (Wildman–Crippen MR) is 76.8 cm³/mol. The molecule has 0 saturated heterocycles. The van der Waals surface area contributed by atoms with E-state index in [0.717, 1.165) is 24.3 Å². The number of esters is 1. The second-order valence-electron chi connectivity index (χ2n) is 4.47. The maximum atomic E-state index is 11.2. The molecule has 0 aliphatic carbocycles. The van der Waals surface area contributed by atoms with Gasteiger partial charge in [-0.2, -0.15) is 0 Å². The quantitative estimate of drug-likeness (QED) is 0.525. The summed E-state index contributed by atoms with van der Waals surface area (Å²) < 4.78 is 9.93. The molecule has 0 aliphatic rings. The van der Waals surface area contributed by atoms with Crippen molar-refractivity contribution in [2.75, 3.05) is 26.8 Å². The van der Waals surface area contributed by atoms with Gasteiger partial charge in [0.1, 0.15) is 5.75 Å². The molecule has 0 heterocycles. The molecule has 1 atom stereocenters. The fraction of sp³-hybridized carbons (Fsp3) is 0.533. The van der Waals surface area contributed by atoms with E-state index in [2.05, 4.69) is 5.32 Å². The van der Waals surface area contributed by atoms with Gasteiger partial charge in [-0.05, 0) is 37.6 Å². The van der Waals surface area contributed by atoms with Crippen LogP contribution in [0, 0.1) is 0 Å². The number of hydrogen-bond acceptors (Lipinski definition) is 5. The van der Waals surface area contributed by atoms with Gasteiger partial charge >= 0.3 is 5.97 Å². The Labute approximate surface area is 119 Å². The van der Waals surface area contributed by atoms with Gasteiger partial charge in [0.15, 0.2) is 0 Å². The first-order valence-corrected chi connectivity index (χ1v) is 6.83. The SMILES string of the molecule is CCOC(=O)CC(O)CNCCc1cccc(OC)c1. The summed E-state index contributed by atoms with van der Waals surface area (Å²) in [5.74, 6) is 0.472. The van der Waals surface area contributed by atoms with Crippen LogP contribution in [-0.2, 0) is 16.0 Å². The molecule has 20 heavy (non-hydrogen) atoms. The van der Waals surface area contributed by atoms with Crippen LogP contribution in [0.5, 0.6) is 5.75 Å². The molecule has 0 fully saturated rings. The van der Waals surface area contributed by atoms with Crippen molar-refractivity contribution in [3.8, 4) is 5.75 Å². The van der Waals surface area contributed by atoms with Gasteiger partial charge in [0.2, 0.25) is 0 Å². The fourth-order valence-electron chi connectivity index (χ4n) is 1.81. The van der Waals surface area contributed by atoms with Crippen molar-refractivity contribution in [1.82, 2.24) is 5.32 Å². The van der Waals surface area contributed by atoms with Crippen LogP contribution in [0.1, 0.15) is 18.9 Å². The van der Waals surface area contributed by atoms with E-state index >= 15 is 0 Å². The van der Waals surface area contributed by atoms with Crippen LogP contribution in [-0.4, -0.2) is 44.0 Å². The zero-order chi connectivity index (χ0) is 14.8. The highest BCUT2D eigenvalue weighted by atomic mass is 16.5. The van der Waals surface area contributed by atoms with E-state index in [0.29, 0.717) is 13.2 Å². The van der Waals surface area contributed by atoms with Gasteiger partial charge in [0, 0.05) is 6.54 Å². The molecular formula is C15H23NO4. The van der Waals surface area contributed by atoms with E-state index in [1.807, 2.05) is 24.3 Å². The molecule has 0 bridgehead atoms. The van der Waals surface area contributed by atoms with E-state index in [1.165, 1.54) is 0 Å². The summed E-state index contributed by atoms with van der Waals surface area (Å²) in [7, 11) is 1.64. The Kier molecular flexibility index (Phi) is 7.69. The maximum Gasteiger partial charge on any atom is 0.308 e. The highest BCUT2D eigenvalue weighted by Crippen LogP contribution is 2.12. The maximum absolute atomic E-state index is 11.2. The second-order valence-corrected chi connectivity index (χ2v) is 4.47. The summed E-state index contributed by atoms with van der Waals surface area (Å²) in [6, 6.07) is 7.86. The normalized spacial score (nSPS) is 11.9. The Hall–Kier alpha value is -1.59. The van der Waals surface area contributed by atoms with Crippen molar-refractivity contribution in [1.29, 1.82) is 0 Å². The molecular weight excluding hydrogens is 258 g/mol. The van der Waals surface area contributed by atoms with Crippen LogP contribution < -0.4 is 10.1 Å².